The van der Waals surface area contributed by atoms with Crippen molar-refractivity contribution in [3.05, 3.63) is 58.1 Å². The molecule has 28 heavy (non-hydrogen) atoms. The van der Waals surface area contributed by atoms with Crippen molar-refractivity contribution in [1.82, 2.24) is 10.2 Å². The molecule has 150 valence electrons. The van der Waals surface area contributed by atoms with Crippen molar-refractivity contribution >= 4 is 33.4 Å². The van der Waals surface area contributed by atoms with E-state index < -0.39 is 0 Å². The maximum Gasteiger partial charge on any atom is 0.243 e. The minimum Gasteiger partial charge on any atom is -0.495 e. The Hall–Kier alpha value is -2.38. The monoisotopic (exact) mass is 447 g/mol. The maximum atomic E-state index is 12.1. The van der Waals surface area contributed by atoms with Crippen molar-refractivity contribution < 1.29 is 14.3 Å². The number of ether oxygens (including phenoxy) is 1. The van der Waals surface area contributed by atoms with Crippen LogP contribution in [0.4, 0.5) is 5.69 Å². The van der Waals surface area contributed by atoms with E-state index in [1.165, 1.54) is 5.56 Å². The Labute approximate surface area is 174 Å². The highest BCUT2D eigenvalue weighted by molar-refractivity contribution is 9.10. The maximum absolute atomic E-state index is 12.1. The van der Waals surface area contributed by atoms with Gasteiger partial charge in [-0.15, -0.1) is 0 Å². The zero-order chi connectivity index (χ0) is 20.5. The molecule has 0 unspecified atom stereocenters. The van der Waals surface area contributed by atoms with Crippen LogP contribution in [0.2, 0.25) is 0 Å². The standard InChI is InChI=1S/C21H26BrN3O3/c1-15-4-9-19(28-3)18(12-15)24-20(26)13-23-21(27)14-25(2)11-10-16-5-7-17(22)8-6-16/h4-9,12H,10-11,13-14H2,1-3H3,(H,23,27)(H,24,26). The zero-order valence-corrected chi connectivity index (χ0v) is 18.0. The molecule has 2 rings (SSSR count). The Morgan fingerprint density at radius 3 is 2.50 bits per heavy atom. The molecule has 2 amide bonds. The van der Waals surface area contributed by atoms with E-state index in [1.54, 1.807) is 13.2 Å². The van der Waals surface area contributed by atoms with E-state index in [9.17, 15) is 9.59 Å². The van der Waals surface area contributed by atoms with Crippen LogP contribution in [0, 0.1) is 6.92 Å². The summed E-state index contributed by atoms with van der Waals surface area (Å²) in [4.78, 5) is 26.1. The van der Waals surface area contributed by atoms with Crippen LogP contribution in [-0.4, -0.2) is 50.5 Å². The SMILES string of the molecule is COc1ccc(C)cc1NC(=O)CNC(=O)CN(C)CCc1ccc(Br)cc1. The molecule has 2 aromatic carbocycles. The van der Waals surface area contributed by atoms with Crippen molar-refractivity contribution in [2.24, 2.45) is 0 Å². The second-order valence-corrected chi connectivity index (χ2v) is 7.56. The minimum atomic E-state index is -0.297. The highest BCUT2D eigenvalue weighted by atomic mass is 79.9. The fourth-order valence-corrected chi connectivity index (χ4v) is 2.91. The molecule has 0 saturated heterocycles. The van der Waals surface area contributed by atoms with E-state index in [0.29, 0.717) is 11.4 Å². The van der Waals surface area contributed by atoms with E-state index in [-0.39, 0.29) is 24.9 Å². The lowest BCUT2D eigenvalue weighted by Gasteiger charge is -2.16. The molecule has 6 nitrogen and oxygen atoms in total. The number of rotatable bonds is 9. The number of aryl methyl sites for hydroxylation is 1. The molecule has 0 atom stereocenters. The second-order valence-electron chi connectivity index (χ2n) is 6.64. The zero-order valence-electron chi connectivity index (χ0n) is 16.4. The number of carbonyl (C=O) groups excluding carboxylic acids is 2. The summed E-state index contributed by atoms with van der Waals surface area (Å²) in [5, 5.41) is 5.42. The molecule has 0 radical (unpaired) electrons. The predicted molar refractivity (Wildman–Crippen MR) is 115 cm³/mol. The largest absolute Gasteiger partial charge is 0.495 e. The average Bonchev–Trinajstić information content (AvgIpc) is 2.66. The Morgan fingerprint density at radius 1 is 1.11 bits per heavy atom. The van der Waals surface area contributed by atoms with Crippen LogP contribution >= 0.6 is 15.9 Å². The molecule has 2 N–H and O–H groups in total. The fourth-order valence-electron chi connectivity index (χ4n) is 2.64. The fraction of sp³-hybridized carbons (Fsp3) is 0.333. The molecule has 0 aliphatic carbocycles. The third-order valence-electron chi connectivity index (χ3n) is 4.18. The summed E-state index contributed by atoms with van der Waals surface area (Å²) in [6.45, 7) is 2.83. The van der Waals surface area contributed by atoms with Crippen LogP contribution in [0.5, 0.6) is 5.75 Å². The molecule has 2 aromatic rings. The van der Waals surface area contributed by atoms with Gasteiger partial charge in [0.25, 0.3) is 0 Å². The van der Waals surface area contributed by atoms with Gasteiger partial charge in [0.1, 0.15) is 5.75 Å². The van der Waals surface area contributed by atoms with Gasteiger partial charge in [-0.1, -0.05) is 34.1 Å². The number of benzene rings is 2. The van der Waals surface area contributed by atoms with Gasteiger partial charge in [0.15, 0.2) is 0 Å². The summed E-state index contributed by atoms with van der Waals surface area (Å²) in [5.74, 6) is 0.0948. The van der Waals surface area contributed by atoms with Crippen LogP contribution in [-0.2, 0) is 16.0 Å². The summed E-state index contributed by atoms with van der Waals surface area (Å²) in [7, 11) is 3.43. The summed E-state index contributed by atoms with van der Waals surface area (Å²) in [6.07, 6.45) is 0.852. The van der Waals surface area contributed by atoms with Crippen LogP contribution in [0.25, 0.3) is 0 Å². The molecule has 0 bridgehead atoms. The number of halogens is 1. The first kappa shape index (κ1) is 21.9. The molecule has 0 aliphatic heterocycles. The number of nitrogens with one attached hydrogen (secondary N) is 2. The summed E-state index contributed by atoms with van der Waals surface area (Å²) < 4.78 is 6.28. The summed E-state index contributed by atoms with van der Waals surface area (Å²) in [5.41, 5.74) is 2.81. The molecule has 0 saturated carbocycles. The number of nitrogens with zero attached hydrogens (tertiary/aromatic N) is 1. The van der Waals surface area contributed by atoms with Crippen LogP contribution in [0.3, 0.4) is 0 Å². The van der Waals surface area contributed by atoms with E-state index in [0.717, 1.165) is 23.0 Å². The Bertz CT molecular complexity index is 809. The number of hydrogen-bond donors (Lipinski definition) is 2. The van der Waals surface area contributed by atoms with Crippen molar-refractivity contribution in [2.75, 3.05) is 39.1 Å². The quantitative estimate of drug-likeness (QED) is 0.619. The van der Waals surface area contributed by atoms with Crippen molar-refractivity contribution in [3.8, 4) is 5.75 Å². The van der Waals surface area contributed by atoms with Crippen molar-refractivity contribution in [1.29, 1.82) is 0 Å². The van der Waals surface area contributed by atoms with Gasteiger partial charge in [-0.25, -0.2) is 0 Å². The van der Waals surface area contributed by atoms with Crippen LogP contribution in [0.1, 0.15) is 11.1 Å². The molecular formula is C21H26BrN3O3. The number of hydrogen-bond acceptors (Lipinski definition) is 4. The van der Waals surface area contributed by atoms with Crippen LogP contribution < -0.4 is 15.4 Å². The van der Waals surface area contributed by atoms with E-state index in [1.807, 2.05) is 43.1 Å². The van der Waals surface area contributed by atoms with Gasteiger partial charge in [-0.2, -0.15) is 0 Å². The topological polar surface area (TPSA) is 70.7 Å². The van der Waals surface area contributed by atoms with Crippen molar-refractivity contribution in [2.45, 2.75) is 13.3 Å². The lowest BCUT2D eigenvalue weighted by molar-refractivity contribution is -0.124. The first-order chi connectivity index (χ1) is 13.4. The Balaban J connectivity index is 1.73. The van der Waals surface area contributed by atoms with Gasteiger partial charge < -0.3 is 15.4 Å². The summed E-state index contributed by atoms with van der Waals surface area (Å²) in [6, 6.07) is 13.6. The Kier molecular flexibility index (Phi) is 8.47. The third-order valence-corrected chi connectivity index (χ3v) is 4.71. The lowest BCUT2D eigenvalue weighted by atomic mass is 10.1. The van der Waals surface area contributed by atoms with Gasteiger partial charge in [-0.05, 0) is 55.8 Å². The Morgan fingerprint density at radius 2 is 1.82 bits per heavy atom. The number of methoxy groups -OCH3 is 1. The van der Waals surface area contributed by atoms with Gasteiger partial charge >= 0.3 is 0 Å². The number of likely N-dealkylation sites (N-methyl/N-ethyl adjacent to an activating group) is 1. The highest BCUT2D eigenvalue weighted by Crippen LogP contribution is 2.24. The first-order valence-electron chi connectivity index (χ1n) is 9.01. The number of carbonyl (C=O) groups is 2. The molecule has 0 fully saturated rings. The third kappa shape index (κ3) is 7.32. The summed E-state index contributed by atoms with van der Waals surface area (Å²) >= 11 is 3.42. The van der Waals surface area contributed by atoms with E-state index in [4.69, 9.17) is 4.74 Å². The van der Waals surface area contributed by atoms with Crippen molar-refractivity contribution in [3.63, 3.8) is 0 Å². The average molecular weight is 448 g/mol. The number of anilines is 1. The van der Waals surface area contributed by atoms with Gasteiger partial charge in [0.2, 0.25) is 11.8 Å². The highest BCUT2D eigenvalue weighted by Gasteiger charge is 2.11. The van der Waals surface area contributed by atoms with Crippen LogP contribution in [0.15, 0.2) is 46.9 Å². The molecule has 0 heterocycles. The molecule has 7 heteroatoms. The molecule has 0 aromatic heterocycles. The van der Waals surface area contributed by atoms with E-state index >= 15 is 0 Å². The van der Waals surface area contributed by atoms with Gasteiger partial charge in [0.05, 0.1) is 25.9 Å². The second kappa shape index (κ2) is 10.8. The smallest absolute Gasteiger partial charge is 0.243 e. The molecule has 0 aliphatic rings. The van der Waals surface area contributed by atoms with Gasteiger partial charge in [0, 0.05) is 11.0 Å². The molecular weight excluding hydrogens is 422 g/mol. The van der Waals surface area contributed by atoms with E-state index in [2.05, 4.69) is 38.7 Å². The lowest BCUT2D eigenvalue weighted by Crippen LogP contribution is -2.39. The minimum absolute atomic E-state index is 0.0868. The first-order valence-corrected chi connectivity index (χ1v) is 9.81. The predicted octanol–water partition coefficient (Wildman–Crippen LogP) is 3.00. The van der Waals surface area contributed by atoms with Gasteiger partial charge in [-0.3, -0.25) is 14.5 Å². The normalized spacial score (nSPS) is 10.6. The number of amides is 2. The molecule has 0 spiro atoms.